The number of hydrogen-bond donors (Lipinski definition) is 2. The molecule has 1 amide bonds. The van der Waals surface area contributed by atoms with Crippen LogP contribution in [0.15, 0.2) is 47.4 Å². The predicted octanol–water partition coefficient (Wildman–Crippen LogP) is 2.96. The van der Waals surface area contributed by atoms with E-state index in [1.54, 1.807) is 18.2 Å². The van der Waals surface area contributed by atoms with Crippen LogP contribution in [0.2, 0.25) is 5.02 Å². The number of nitrogens with one attached hydrogen (secondary N) is 2. The van der Waals surface area contributed by atoms with Gasteiger partial charge in [-0.2, -0.15) is 4.72 Å². The molecule has 134 valence electrons. The van der Waals surface area contributed by atoms with Crippen molar-refractivity contribution >= 4 is 33.2 Å². The molecule has 0 aliphatic heterocycles. The van der Waals surface area contributed by atoms with Gasteiger partial charge in [0.2, 0.25) is 15.9 Å². The summed E-state index contributed by atoms with van der Waals surface area (Å²) in [6.07, 6.45) is 0. The molecular formula is C17H19ClN2O4S. The second kappa shape index (κ2) is 7.86. The van der Waals surface area contributed by atoms with E-state index >= 15 is 0 Å². The van der Waals surface area contributed by atoms with E-state index in [0.717, 1.165) is 5.56 Å². The van der Waals surface area contributed by atoms with Gasteiger partial charge in [0.05, 0.1) is 18.0 Å². The molecule has 0 radical (unpaired) electrons. The van der Waals surface area contributed by atoms with Crippen molar-refractivity contribution < 1.29 is 17.9 Å². The van der Waals surface area contributed by atoms with E-state index in [-0.39, 0.29) is 4.90 Å². The molecule has 2 aromatic rings. The van der Waals surface area contributed by atoms with Gasteiger partial charge in [0.25, 0.3) is 0 Å². The molecule has 0 aromatic heterocycles. The third-order valence-corrected chi connectivity index (χ3v) is 5.34. The summed E-state index contributed by atoms with van der Waals surface area (Å²) in [4.78, 5) is 12.3. The molecule has 0 aliphatic carbocycles. The summed E-state index contributed by atoms with van der Waals surface area (Å²) < 4.78 is 32.1. The maximum atomic E-state index is 12.4. The number of rotatable bonds is 6. The maximum absolute atomic E-state index is 12.4. The fourth-order valence-electron chi connectivity index (χ4n) is 2.08. The molecule has 0 heterocycles. The lowest BCUT2D eigenvalue weighted by Gasteiger charge is -2.16. The van der Waals surface area contributed by atoms with Crippen molar-refractivity contribution in [3.63, 3.8) is 0 Å². The van der Waals surface area contributed by atoms with Crippen molar-refractivity contribution in [3.05, 3.63) is 53.1 Å². The molecule has 2 aromatic carbocycles. The number of methoxy groups -OCH3 is 1. The summed E-state index contributed by atoms with van der Waals surface area (Å²) in [6, 6.07) is 10.0. The van der Waals surface area contributed by atoms with E-state index in [0.29, 0.717) is 16.5 Å². The fraction of sp³-hybridized carbons (Fsp3) is 0.235. The number of aryl methyl sites for hydroxylation is 1. The molecule has 1 atom stereocenters. The number of carbonyl (C=O) groups is 1. The Morgan fingerprint density at radius 3 is 2.40 bits per heavy atom. The van der Waals surface area contributed by atoms with E-state index in [2.05, 4.69) is 10.0 Å². The molecule has 6 nitrogen and oxygen atoms in total. The quantitative estimate of drug-likeness (QED) is 0.804. The van der Waals surface area contributed by atoms with Crippen LogP contribution in [-0.2, 0) is 14.8 Å². The first-order chi connectivity index (χ1) is 11.7. The van der Waals surface area contributed by atoms with Crippen molar-refractivity contribution in [2.75, 3.05) is 12.4 Å². The summed E-state index contributed by atoms with van der Waals surface area (Å²) in [5, 5.41) is 3.15. The molecule has 25 heavy (non-hydrogen) atoms. The number of sulfonamides is 1. The van der Waals surface area contributed by atoms with E-state index in [4.69, 9.17) is 16.3 Å². The van der Waals surface area contributed by atoms with Crippen LogP contribution in [0.25, 0.3) is 0 Å². The van der Waals surface area contributed by atoms with Gasteiger partial charge in [-0.1, -0.05) is 17.7 Å². The van der Waals surface area contributed by atoms with Crippen LogP contribution >= 0.6 is 11.6 Å². The summed E-state index contributed by atoms with van der Waals surface area (Å²) in [7, 11) is -2.34. The van der Waals surface area contributed by atoms with Crippen LogP contribution in [0.3, 0.4) is 0 Å². The normalized spacial score (nSPS) is 12.5. The first-order valence-corrected chi connectivity index (χ1v) is 9.32. The zero-order valence-corrected chi connectivity index (χ0v) is 15.6. The molecule has 0 aliphatic rings. The molecule has 0 fully saturated rings. The third-order valence-electron chi connectivity index (χ3n) is 3.55. The second-order valence-corrected chi connectivity index (χ2v) is 7.62. The largest absolute Gasteiger partial charge is 0.497 e. The smallest absolute Gasteiger partial charge is 0.242 e. The molecular weight excluding hydrogens is 364 g/mol. The van der Waals surface area contributed by atoms with Gasteiger partial charge in [-0.25, -0.2) is 8.42 Å². The molecule has 0 unspecified atom stereocenters. The Labute approximate surface area is 152 Å². The fourth-order valence-corrected chi connectivity index (χ4v) is 3.45. The lowest BCUT2D eigenvalue weighted by molar-refractivity contribution is -0.117. The third kappa shape index (κ3) is 4.94. The Morgan fingerprint density at radius 1 is 1.16 bits per heavy atom. The van der Waals surface area contributed by atoms with Gasteiger partial charge < -0.3 is 10.1 Å². The number of carbonyl (C=O) groups excluding carboxylic acids is 1. The van der Waals surface area contributed by atoms with Crippen LogP contribution < -0.4 is 14.8 Å². The van der Waals surface area contributed by atoms with Crippen LogP contribution in [0.4, 0.5) is 5.69 Å². The Morgan fingerprint density at radius 2 is 1.80 bits per heavy atom. The highest BCUT2D eigenvalue weighted by Gasteiger charge is 2.22. The van der Waals surface area contributed by atoms with E-state index in [1.807, 2.05) is 6.92 Å². The second-order valence-electron chi connectivity index (χ2n) is 5.47. The standard InChI is InChI=1S/C17H19ClN2O4S/c1-11-4-5-13(18)10-16(11)19-17(21)12(2)20-25(22,23)15-8-6-14(24-3)7-9-15/h4-10,12,20H,1-3H3,(H,19,21)/t12-/m1/s1. The first-order valence-electron chi connectivity index (χ1n) is 7.46. The van der Waals surface area contributed by atoms with Crippen LogP contribution in [0, 0.1) is 6.92 Å². The number of ether oxygens (including phenoxy) is 1. The van der Waals surface area contributed by atoms with Gasteiger partial charge in [0.1, 0.15) is 5.75 Å². The Balaban J connectivity index is 2.10. The Bertz CT molecular complexity index is 867. The van der Waals surface area contributed by atoms with Gasteiger partial charge in [-0.15, -0.1) is 0 Å². The average Bonchev–Trinajstić information content (AvgIpc) is 2.57. The monoisotopic (exact) mass is 382 g/mol. The molecule has 0 saturated carbocycles. The first kappa shape index (κ1) is 19.2. The van der Waals surface area contributed by atoms with Crippen molar-refractivity contribution in [3.8, 4) is 5.75 Å². The van der Waals surface area contributed by atoms with E-state index in [9.17, 15) is 13.2 Å². The molecule has 0 bridgehead atoms. The van der Waals surface area contributed by atoms with E-state index in [1.165, 1.54) is 38.3 Å². The lowest BCUT2D eigenvalue weighted by atomic mass is 10.2. The summed E-state index contributed by atoms with van der Waals surface area (Å²) in [5.74, 6) is 0.0589. The summed E-state index contributed by atoms with van der Waals surface area (Å²) in [6.45, 7) is 3.29. The van der Waals surface area contributed by atoms with Gasteiger partial charge in [0, 0.05) is 10.7 Å². The Hall–Kier alpha value is -2.09. The van der Waals surface area contributed by atoms with Crippen molar-refractivity contribution in [2.24, 2.45) is 0 Å². The summed E-state index contributed by atoms with van der Waals surface area (Å²) >= 11 is 5.92. The molecule has 8 heteroatoms. The van der Waals surface area contributed by atoms with Gasteiger partial charge in [-0.3, -0.25) is 4.79 Å². The molecule has 0 spiro atoms. The molecule has 2 N–H and O–H groups in total. The van der Waals surface area contributed by atoms with Gasteiger partial charge >= 0.3 is 0 Å². The van der Waals surface area contributed by atoms with Gasteiger partial charge in [-0.05, 0) is 55.8 Å². The minimum absolute atomic E-state index is 0.0480. The number of anilines is 1. The zero-order valence-electron chi connectivity index (χ0n) is 14.0. The predicted molar refractivity (Wildman–Crippen MR) is 97.6 cm³/mol. The molecule has 2 rings (SSSR count). The highest BCUT2D eigenvalue weighted by atomic mass is 35.5. The van der Waals surface area contributed by atoms with Crippen molar-refractivity contribution in [1.82, 2.24) is 4.72 Å². The highest BCUT2D eigenvalue weighted by Crippen LogP contribution is 2.20. The average molecular weight is 383 g/mol. The minimum Gasteiger partial charge on any atom is -0.497 e. The number of benzene rings is 2. The van der Waals surface area contributed by atoms with E-state index < -0.39 is 22.0 Å². The molecule has 0 saturated heterocycles. The zero-order chi connectivity index (χ0) is 18.6. The number of amides is 1. The topological polar surface area (TPSA) is 84.5 Å². The number of halogens is 1. The minimum atomic E-state index is -3.83. The maximum Gasteiger partial charge on any atom is 0.242 e. The highest BCUT2D eigenvalue weighted by molar-refractivity contribution is 7.89. The van der Waals surface area contributed by atoms with Crippen LogP contribution in [0.5, 0.6) is 5.75 Å². The van der Waals surface area contributed by atoms with Crippen LogP contribution in [-0.4, -0.2) is 27.5 Å². The van der Waals surface area contributed by atoms with Crippen LogP contribution in [0.1, 0.15) is 12.5 Å². The number of hydrogen-bond acceptors (Lipinski definition) is 4. The SMILES string of the molecule is COc1ccc(S(=O)(=O)N[C@H](C)C(=O)Nc2cc(Cl)ccc2C)cc1. The Kier molecular flexibility index (Phi) is 6.05. The summed E-state index contributed by atoms with van der Waals surface area (Å²) in [5.41, 5.74) is 1.36. The lowest BCUT2D eigenvalue weighted by Crippen LogP contribution is -2.41. The van der Waals surface area contributed by atoms with Crippen molar-refractivity contribution in [1.29, 1.82) is 0 Å². The van der Waals surface area contributed by atoms with Crippen molar-refractivity contribution in [2.45, 2.75) is 24.8 Å². The van der Waals surface area contributed by atoms with Gasteiger partial charge in [0.15, 0.2) is 0 Å².